The standard InChI is InChI=1S/C21H17F2N3O4/c1-4-19(27)25-13-8-14(15-11-26(2)20(28)9-18(15)29-3)21(24-10-13)30-17-6-5-12(22)7-16(17)23/h4-11H,1H2,2-3H3,(H,25,27). The number of benzene rings is 1. The molecule has 0 saturated heterocycles. The number of hydrogen-bond acceptors (Lipinski definition) is 5. The van der Waals surface area contributed by atoms with Crippen LogP contribution in [0.2, 0.25) is 0 Å². The van der Waals surface area contributed by atoms with Crippen LogP contribution in [0.25, 0.3) is 11.1 Å². The molecule has 1 amide bonds. The summed E-state index contributed by atoms with van der Waals surface area (Å²) in [6, 6.07) is 5.64. The Bertz CT molecular complexity index is 1190. The number of pyridine rings is 2. The van der Waals surface area contributed by atoms with E-state index in [0.717, 1.165) is 18.2 Å². The summed E-state index contributed by atoms with van der Waals surface area (Å²) in [6.07, 6.45) is 3.88. The van der Waals surface area contributed by atoms with Crippen LogP contribution < -0.4 is 20.3 Å². The van der Waals surface area contributed by atoms with E-state index in [0.29, 0.717) is 22.9 Å². The molecule has 0 radical (unpaired) electrons. The lowest BCUT2D eigenvalue weighted by Gasteiger charge is -2.15. The molecule has 0 saturated carbocycles. The van der Waals surface area contributed by atoms with Crippen molar-refractivity contribution in [1.82, 2.24) is 9.55 Å². The number of amides is 1. The highest BCUT2D eigenvalue weighted by Gasteiger charge is 2.18. The van der Waals surface area contributed by atoms with Gasteiger partial charge in [0, 0.05) is 30.9 Å². The molecule has 0 aliphatic carbocycles. The molecule has 0 spiro atoms. The van der Waals surface area contributed by atoms with Gasteiger partial charge in [-0.05, 0) is 24.3 Å². The monoisotopic (exact) mass is 413 g/mol. The molecule has 154 valence electrons. The number of ether oxygens (including phenoxy) is 2. The van der Waals surface area contributed by atoms with Gasteiger partial charge in [0.05, 0.1) is 24.6 Å². The first kappa shape index (κ1) is 20.7. The van der Waals surface area contributed by atoms with Crippen molar-refractivity contribution in [3.8, 4) is 28.5 Å². The molecule has 3 rings (SSSR count). The summed E-state index contributed by atoms with van der Waals surface area (Å²) >= 11 is 0. The number of methoxy groups -OCH3 is 1. The fraction of sp³-hybridized carbons (Fsp3) is 0.0952. The fourth-order valence-corrected chi connectivity index (χ4v) is 2.63. The number of aromatic nitrogens is 2. The number of nitrogens with zero attached hydrogens (tertiary/aromatic N) is 2. The van der Waals surface area contributed by atoms with Crippen LogP contribution >= 0.6 is 0 Å². The first-order valence-corrected chi connectivity index (χ1v) is 8.63. The first-order valence-electron chi connectivity index (χ1n) is 8.63. The Balaban J connectivity index is 2.18. The van der Waals surface area contributed by atoms with Gasteiger partial charge >= 0.3 is 0 Å². The van der Waals surface area contributed by atoms with Gasteiger partial charge in [-0.1, -0.05) is 6.58 Å². The summed E-state index contributed by atoms with van der Waals surface area (Å²) in [5, 5.41) is 2.57. The fourth-order valence-electron chi connectivity index (χ4n) is 2.63. The van der Waals surface area contributed by atoms with E-state index in [9.17, 15) is 18.4 Å². The molecule has 3 aromatic rings. The van der Waals surface area contributed by atoms with Crippen molar-refractivity contribution in [2.45, 2.75) is 0 Å². The summed E-state index contributed by atoms with van der Waals surface area (Å²) < 4.78 is 39.5. The first-order chi connectivity index (χ1) is 14.3. The zero-order chi connectivity index (χ0) is 21.8. The van der Waals surface area contributed by atoms with E-state index in [4.69, 9.17) is 9.47 Å². The number of halogens is 2. The third-order valence-corrected chi connectivity index (χ3v) is 4.11. The minimum absolute atomic E-state index is 0.0472. The lowest BCUT2D eigenvalue weighted by molar-refractivity contribution is -0.111. The molecule has 7 nitrogen and oxygen atoms in total. The van der Waals surface area contributed by atoms with Crippen molar-refractivity contribution in [2.24, 2.45) is 7.05 Å². The van der Waals surface area contributed by atoms with Crippen LogP contribution in [0.1, 0.15) is 0 Å². The molecule has 30 heavy (non-hydrogen) atoms. The summed E-state index contributed by atoms with van der Waals surface area (Å²) in [5.74, 6) is -2.22. The number of carbonyl (C=O) groups is 1. The molecule has 0 aliphatic rings. The van der Waals surface area contributed by atoms with E-state index in [1.54, 1.807) is 7.05 Å². The zero-order valence-electron chi connectivity index (χ0n) is 16.1. The van der Waals surface area contributed by atoms with Crippen molar-refractivity contribution in [3.05, 3.63) is 77.4 Å². The van der Waals surface area contributed by atoms with E-state index < -0.39 is 17.5 Å². The average molecular weight is 413 g/mol. The Morgan fingerprint density at radius 2 is 1.97 bits per heavy atom. The van der Waals surface area contributed by atoms with Crippen molar-refractivity contribution in [2.75, 3.05) is 12.4 Å². The Morgan fingerprint density at radius 3 is 2.63 bits per heavy atom. The predicted octanol–water partition coefficient (Wildman–Crippen LogP) is 3.65. The van der Waals surface area contributed by atoms with Gasteiger partial charge in [-0.2, -0.15) is 0 Å². The maximum Gasteiger partial charge on any atom is 0.254 e. The molecule has 2 heterocycles. The molecule has 1 aromatic carbocycles. The molecule has 1 N–H and O–H groups in total. The normalized spacial score (nSPS) is 10.4. The highest BCUT2D eigenvalue weighted by atomic mass is 19.1. The van der Waals surface area contributed by atoms with Gasteiger partial charge in [0.15, 0.2) is 11.6 Å². The van der Waals surface area contributed by atoms with Gasteiger partial charge in [-0.15, -0.1) is 0 Å². The maximum atomic E-state index is 14.1. The second-order valence-electron chi connectivity index (χ2n) is 6.15. The molecule has 0 bridgehead atoms. The number of nitrogens with one attached hydrogen (secondary N) is 1. The highest BCUT2D eigenvalue weighted by Crippen LogP contribution is 2.38. The quantitative estimate of drug-likeness (QED) is 0.624. The molecule has 9 heteroatoms. The topological polar surface area (TPSA) is 82.5 Å². The molecule has 0 atom stereocenters. The summed E-state index contributed by atoms with van der Waals surface area (Å²) in [5.41, 5.74) is 0.691. The Hall–Kier alpha value is -4.01. The van der Waals surface area contributed by atoms with Crippen LogP contribution in [0.5, 0.6) is 17.4 Å². The number of carbonyl (C=O) groups excluding carboxylic acids is 1. The second kappa shape index (κ2) is 8.56. The minimum atomic E-state index is -0.917. The van der Waals surface area contributed by atoms with Crippen molar-refractivity contribution < 1.29 is 23.0 Å². The number of hydrogen-bond donors (Lipinski definition) is 1. The molecule has 0 fully saturated rings. The molecular formula is C21H17F2N3O4. The van der Waals surface area contributed by atoms with Gasteiger partial charge in [0.25, 0.3) is 5.56 Å². The smallest absolute Gasteiger partial charge is 0.254 e. The van der Waals surface area contributed by atoms with Gasteiger partial charge < -0.3 is 19.4 Å². The van der Waals surface area contributed by atoms with Crippen molar-refractivity contribution >= 4 is 11.6 Å². The molecule has 2 aromatic heterocycles. The largest absolute Gasteiger partial charge is 0.496 e. The lowest BCUT2D eigenvalue weighted by atomic mass is 10.1. The van der Waals surface area contributed by atoms with E-state index in [-0.39, 0.29) is 22.9 Å². The van der Waals surface area contributed by atoms with Crippen LogP contribution in [-0.4, -0.2) is 22.6 Å². The van der Waals surface area contributed by atoms with Crippen LogP contribution in [0.15, 0.2) is 60.2 Å². The second-order valence-corrected chi connectivity index (χ2v) is 6.15. The van der Waals surface area contributed by atoms with Gasteiger partial charge in [-0.3, -0.25) is 9.59 Å². The Kier molecular flexibility index (Phi) is 5.91. The van der Waals surface area contributed by atoms with Gasteiger partial charge in [0.2, 0.25) is 11.8 Å². The molecule has 0 aliphatic heterocycles. The summed E-state index contributed by atoms with van der Waals surface area (Å²) in [6.45, 7) is 3.39. The third kappa shape index (κ3) is 4.35. The third-order valence-electron chi connectivity index (χ3n) is 4.11. The minimum Gasteiger partial charge on any atom is -0.496 e. The van der Waals surface area contributed by atoms with E-state index in [2.05, 4.69) is 16.9 Å². The number of aryl methyl sites for hydroxylation is 1. The Labute approximate surface area is 170 Å². The van der Waals surface area contributed by atoms with Crippen molar-refractivity contribution in [3.63, 3.8) is 0 Å². The van der Waals surface area contributed by atoms with E-state index >= 15 is 0 Å². The predicted molar refractivity (Wildman–Crippen MR) is 107 cm³/mol. The maximum absolute atomic E-state index is 14.1. The van der Waals surface area contributed by atoms with Crippen LogP contribution in [0.4, 0.5) is 14.5 Å². The van der Waals surface area contributed by atoms with Crippen LogP contribution in [0, 0.1) is 11.6 Å². The summed E-state index contributed by atoms with van der Waals surface area (Å²) in [7, 11) is 2.93. The van der Waals surface area contributed by atoms with Crippen molar-refractivity contribution in [1.29, 1.82) is 0 Å². The summed E-state index contributed by atoms with van der Waals surface area (Å²) in [4.78, 5) is 27.8. The van der Waals surface area contributed by atoms with Gasteiger partial charge in [-0.25, -0.2) is 13.8 Å². The number of anilines is 1. The average Bonchev–Trinajstić information content (AvgIpc) is 2.72. The zero-order valence-corrected chi connectivity index (χ0v) is 16.1. The Morgan fingerprint density at radius 1 is 1.20 bits per heavy atom. The lowest BCUT2D eigenvalue weighted by Crippen LogP contribution is -2.15. The van der Waals surface area contributed by atoms with Crippen LogP contribution in [0.3, 0.4) is 0 Å². The highest BCUT2D eigenvalue weighted by molar-refractivity contribution is 5.99. The molecular weight excluding hydrogens is 396 g/mol. The van der Waals surface area contributed by atoms with Gasteiger partial charge in [0.1, 0.15) is 11.6 Å². The van der Waals surface area contributed by atoms with E-state index in [1.165, 1.54) is 36.2 Å². The number of rotatable bonds is 6. The molecule has 0 unspecified atom stereocenters. The SMILES string of the molecule is C=CC(=O)Nc1cnc(Oc2ccc(F)cc2F)c(-c2cn(C)c(=O)cc2OC)c1. The van der Waals surface area contributed by atoms with E-state index in [1.807, 2.05) is 0 Å². The van der Waals surface area contributed by atoms with Crippen LogP contribution in [-0.2, 0) is 11.8 Å².